The molecular formula is C22H28ClN3O. The number of rotatable bonds is 8. The van der Waals surface area contributed by atoms with Gasteiger partial charge in [0.25, 0.3) is 0 Å². The summed E-state index contributed by atoms with van der Waals surface area (Å²) in [5.41, 5.74) is 2.93. The molecule has 1 aromatic heterocycles. The lowest BCUT2D eigenvalue weighted by atomic mass is 10.1. The normalized spacial score (nSPS) is 12.7. The second-order valence-corrected chi connectivity index (χ2v) is 7.51. The quantitative estimate of drug-likeness (QED) is 0.513. The van der Waals surface area contributed by atoms with Crippen molar-refractivity contribution in [2.24, 2.45) is 0 Å². The lowest BCUT2D eigenvalue weighted by molar-refractivity contribution is 0.250. The number of methoxy groups -OCH3 is 1. The van der Waals surface area contributed by atoms with Gasteiger partial charge in [-0.25, -0.2) is 4.98 Å². The number of hydrogen-bond donors (Lipinski definition) is 1. The van der Waals surface area contributed by atoms with Gasteiger partial charge in [-0.1, -0.05) is 18.5 Å². The van der Waals surface area contributed by atoms with Crippen LogP contribution >= 0.6 is 11.6 Å². The van der Waals surface area contributed by atoms with Gasteiger partial charge in [-0.05, 0) is 69.8 Å². The maximum atomic E-state index is 6.19. The van der Waals surface area contributed by atoms with Crippen molar-refractivity contribution >= 4 is 39.1 Å². The second-order valence-electron chi connectivity index (χ2n) is 7.08. The molecule has 3 aromatic rings. The first-order valence-corrected chi connectivity index (χ1v) is 9.92. The summed E-state index contributed by atoms with van der Waals surface area (Å²) in [7, 11) is 3.88. The Morgan fingerprint density at radius 3 is 2.70 bits per heavy atom. The summed E-state index contributed by atoms with van der Waals surface area (Å²) in [5, 5.41) is 6.51. The third-order valence-corrected chi connectivity index (χ3v) is 5.37. The molecule has 0 aliphatic carbocycles. The van der Waals surface area contributed by atoms with Crippen LogP contribution in [0.15, 0.2) is 36.4 Å². The molecule has 1 N–H and O–H groups in total. The van der Waals surface area contributed by atoms with E-state index in [0.717, 1.165) is 52.8 Å². The second kappa shape index (κ2) is 8.77. The zero-order valence-electron chi connectivity index (χ0n) is 16.6. The number of halogens is 1. The van der Waals surface area contributed by atoms with Gasteiger partial charge in [0, 0.05) is 28.4 Å². The van der Waals surface area contributed by atoms with Gasteiger partial charge in [-0.2, -0.15) is 0 Å². The van der Waals surface area contributed by atoms with Crippen LogP contribution in [-0.2, 0) is 0 Å². The molecule has 0 saturated heterocycles. The molecule has 144 valence electrons. The van der Waals surface area contributed by atoms with Crippen molar-refractivity contribution in [3.63, 3.8) is 0 Å². The number of nitrogens with one attached hydrogen (secondary N) is 1. The van der Waals surface area contributed by atoms with Crippen LogP contribution in [0.25, 0.3) is 21.8 Å². The molecule has 1 unspecified atom stereocenters. The highest BCUT2D eigenvalue weighted by atomic mass is 35.5. The minimum absolute atomic E-state index is 0.529. The van der Waals surface area contributed by atoms with Crippen LogP contribution in [0.2, 0.25) is 5.02 Å². The van der Waals surface area contributed by atoms with E-state index in [1.165, 1.54) is 6.42 Å². The molecule has 0 saturated carbocycles. The summed E-state index contributed by atoms with van der Waals surface area (Å²) in [5.74, 6) is 0.830. The Morgan fingerprint density at radius 2 is 1.96 bits per heavy atom. The van der Waals surface area contributed by atoms with Crippen molar-refractivity contribution in [1.29, 1.82) is 0 Å². The third kappa shape index (κ3) is 4.45. The Morgan fingerprint density at radius 1 is 1.15 bits per heavy atom. The van der Waals surface area contributed by atoms with Crippen LogP contribution in [0.3, 0.4) is 0 Å². The molecule has 1 heterocycles. The smallest absolute Gasteiger partial charge is 0.119 e. The Bertz CT molecular complexity index is 928. The van der Waals surface area contributed by atoms with Crippen LogP contribution < -0.4 is 10.1 Å². The first-order chi connectivity index (χ1) is 13.0. The van der Waals surface area contributed by atoms with E-state index >= 15 is 0 Å². The van der Waals surface area contributed by atoms with Crippen molar-refractivity contribution in [2.45, 2.75) is 32.7 Å². The van der Waals surface area contributed by atoms with E-state index < -0.39 is 0 Å². The fourth-order valence-electron chi connectivity index (χ4n) is 3.41. The molecular weight excluding hydrogens is 358 g/mol. The highest BCUT2D eigenvalue weighted by Gasteiger charge is 2.12. The van der Waals surface area contributed by atoms with E-state index in [4.69, 9.17) is 21.3 Å². The zero-order valence-corrected chi connectivity index (χ0v) is 17.3. The number of benzene rings is 2. The molecule has 0 amide bonds. The van der Waals surface area contributed by atoms with Gasteiger partial charge in [-0.15, -0.1) is 0 Å². The van der Waals surface area contributed by atoms with Crippen LogP contribution in [0, 0.1) is 0 Å². The van der Waals surface area contributed by atoms with Crippen molar-refractivity contribution in [3.05, 3.63) is 41.4 Å². The molecule has 27 heavy (non-hydrogen) atoms. The van der Waals surface area contributed by atoms with Gasteiger partial charge in [0.05, 0.1) is 23.8 Å². The van der Waals surface area contributed by atoms with Crippen LogP contribution in [0.4, 0.5) is 5.69 Å². The van der Waals surface area contributed by atoms with Crippen LogP contribution in [0.5, 0.6) is 5.75 Å². The third-order valence-electron chi connectivity index (χ3n) is 5.14. The SMILES string of the molecule is CCCN(C)C(C)CCNc1c2ccc(Cl)cc2nc2ccc(OC)cc12. The van der Waals surface area contributed by atoms with Crippen LogP contribution in [0.1, 0.15) is 26.7 Å². The summed E-state index contributed by atoms with van der Waals surface area (Å²) in [6.07, 6.45) is 2.24. The highest BCUT2D eigenvalue weighted by Crippen LogP contribution is 2.34. The number of fused-ring (bicyclic) bond motifs is 2. The largest absolute Gasteiger partial charge is 0.497 e. The van der Waals surface area contributed by atoms with Gasteiger partial charge in [0.2, 0.25) is 0 Å². The van der Waals surface area contributed by atoms with E-state index in [1.807, 2.05) is 36.4 Å². The fraction of sp³-hybridized carbons (Fsp3) is 0.409. The topological polar surface area (TPSA) is 37.4 Å². The lowest BCUT2D eigenvalue weighted by Gasteiger charge is -2.24. The summed E-state index contributed by atoms with van der Waals surface area (Å²) >= 11 is 6.19. The summed E-state index contributed by atoms with van der Waals surface area (Å²) < 4.78 is 5.43. The van der Waals surface area contributed by atoms with Crippen molar-refractivity contribution in [1.82, 2.24) is 9.88 Å². The number of ether oxygens (including phenoxy) is 1. The van der Waals surface area contributed by atoms with Crippen LogP contribution in [-0.4, -0.2) is 43.2 Å². The molecule has 0 radical (unpaired) electrons. The fourth-order valence-corrected chi connectivity index (χ4v) is 3.58. The number of hydrogen-bond acceptors (Lipinski definition) is 4. The maximum Gasteiger partial charge on any atom is 0.119 e. The first-order valence-electron chi connectivity index (χ1n) is 9.54. The molecule has 2 aromatic carbocycles. The maximum absolute atomic E-state index is 6.19. The Kier molecular flexibility index (Phi) is 6.40. The van der Waals surface area contributed by atoms with Crippen molar-refractivity contribution < 1.29 is 4.74 Å². The van der Waals surface area contributed by atoms with E-state index in [2.05, 4.69) is 31.1 Å². The van der Waals surface area contributed by atoms with E-state index in [-0.39, 0.29) is 0 Å². The molecule has 5 heteroatoms. The van der Waals surface area contributed by atoms with Crippen molar-refractivity contribution in [2.75, 3.05) is 32.6 Å². The molecule has 0 spiro atoms. The molecule has 4 nitrogen and oxygen atoms in total. The van der Waals surface area contributed by atoms with E-state index in [0.29, 0.717) is 11.1 Å². The van der Waals surface area contributed by atoms with E-state index in [1.54, 1.807) is 7.11 Å². The summed E-state index contributed by atoms with van der Waals surface area (Å²) in [6, 6.07) is 12.4. The number of aromatic nitrogens is 1. The Labute approximate surface area is 166 Å². The summed E-state index contributed by atoms with van der Waals surface area (Å²) in [4.78, 5) is 7.19. The standard InChI is InChI=1S/C22H28ClN3O/c1-5-12-26(3)15(2)10-11-24-22-18-8-6-16(23)13-21(18)25-20-9-7-17(27-4)14-19(20)22/h6-9,13-15H,5,10-12H2,1-4H3,(H,24,25). The predicted octanol–water partition coefficient (Wildman–Crippen LogP) is 5.58. The minimum Gasteiger partial charge on any atom is -0.497 e. The zero-order chi connectivity index (χ0) is 19.4. The molecule has 1 atom stereocenters. The van der Waals surface area contributed by atoms with Gasteiger partial charge < -0.3 is 15.0 Å². The predicted molar refractivity (Wildman–Crippen MR) is 116 cm³/mol. The molecule has 3 rings (SSSR count). The molecule has 0 bridgehead atoms. The molecule has 0 aliphatic heterocycles. The number of anilines is 1. The highest BCUT2D eigenvalue weighted by molar-refractivity contribution is 6.31. The number of pyridine rings is 1. The van der Waals surface area contributed by atoms with Gasteiger partial charge in [0.15, 0.2) is 0 Å². The molecule has 0 fully saturated rings. The van der Waals surface area contributed by atoms with E-state index in [9.17, 15) is 0 Å². The minimum atomic E-state index is 0.529. The van der Waals surface area contributed by atoms with Gasteiger partial charge in [-0.3, -0.25) is 0 Å². The molecule has 0 aliphatic rings. The van der Waals surface area contributed by atoms with Crippen molar-refractivity contribution in [3.8, 4) is 5.75 Å². The average molecular weight is 386 g/mol. The number of nitrogens with zero attached hydrogens (tertiary/aromatic N) is 2. The average Bonchev–Trinajstić information content (AvgIpc) is 2.66. The Hall–Kier alpha value is -2.04. The van der Waals surface area contributed by atoms with Gasteiger partial charge in [0.1, 0.15) is 5.75 Å². The van der Waals surface area contributed by atoms with Gasteiger partial charge >= 0.3 is 0 Å². The summed E-state index contributed by atoms with van der Waals surface area (Å²) in [6.45, 7) is 6.51. The first kappa shape index (κ1) is 19.7. The monoisotopic (exact) mass is 385 g/mol. The Balaban J connectivity index is 1.95. The lowest BCUT2D eigenvalue weighted by Crippen LogP contribution is -2.31.